The van der Waals surface area contributed by atoms with Crippen LogP contribution in [0.4, 0.5) is 5.69 Å². The lowest BCUT2D eigenvalue weighted by Gasteiger charge is -2.39. The number of anilines is 1. The number of carbonyl (C=O) groups excluding carboxylic acids is 1. The lowest BCUT2D eigenvalue weighted by atomic mass is 9.95. The maximum atomic E-state index is 12.0. The van der Waals surface area contributed by atoms with E-state index in [9.17, 15) is 4.79 Å². The Hall–Kier alpha value is -2.24. The van der Waals surface area contributed by atoms with Gasteiger partial charge in [-0.2, -0.15) is 5.10 Å². The van der Waals surface area contributed by atoms with Crippen molar-refractivity contribution in [2.75, 3.05) is 11.5 Å². The molecule has 0 saturated heterocycles. The Morgan fingerprint density at radius 3 is 2.83 bits per heavy atom. The maximum absolute atomic E-state index is 12.0. The number of ether oxygens (including phenoxy) is 2. The van der Waals surface area contributed by atoms with E-state index in [4.69, 9.17) is 9.47 Å². The van der Waals surface area contributed by atoms with Gasteiger partial charge >= 0.3 is 0 Å². The van der Waals surface area contributed by atoms with E-state index < -0.39 is 0 Å². The molecule has 1 amide bonds. The first-order valence-electron chi connectivity index (χ1n) is 8.67. The average molecular weight is 329 g/mol. The van der Waals surface area contributed by atoms with Gasteiger partial charge in [0.05, 0.1) is 11.8 Å². The fourth-order valence-electron chi connectivity index (χ4n) is 3.29. The number of amides is 1. The van der Waals surface area contributed by atoms with E-state index in [1.807, 2.05) is 17.9 Å². The molecular weight excluding hydrogens is 306 g/mol. The van der Waals surface area contributed by atoms with E-state index in [1.165, 1.54) is 6.42 Å². The SMILES string of the molecule is CC(C)c1cc2c(cc1OC1CCC1)N1C(=NNC(=O)[C@@H]1C)CO2. The number of nitrogens with one attached hydrogen (secondary N) is 1. The third-order valence-electron chi connectivity index (χ3n) is 5.02. The summed E-state index contributed by atoms with van der Waals surface area (Å²) in [7, 11) is 0. The van der Waals surface area contributed by atoms with Crippen molar-refractivity contribution in [1.29, 1.82) is 0 Å². The van der Waals surface area contributed by atoms with Gasteiger partial charge in [-0.3, -0.25) is 4.79 Å². The lowest BCUT2D eigenvalue weighted by Crippen LogP contribution is -2.55. The molecular formula is C18H23N3O3. The smallest absolute Gasteiger partial charge is 0.262 e. The second-order valence-electron chi connectivity index (χ2n) is 7.02. The molecule has 1 fully saturated rings. The third kappa shape index (κ3) is 2.41. The highest BCUT2D eigenvalue weighted by molar-refractivity contribution is 6.09. The highest BCUT2D eigenvalue weighted by Gasteiger charge is 2.36. The quantitative estimate of drug-likeness (QED) is 0.926. The first-order chi connectivity index (χ1) is 11.5. The lowest BCUT2D eigenvalue weighted by molar-refractivity contribution is -0.122. The molecule has 1 aromatic carbocycles. The zero-order valence-electron chi connectivity index (χ0n) is 14.3. The van der Waals surface area contributed by atoms with Crippen LogP contribution in [-0.2, 0) is 4.79 Å². The van der Waals surface area contributed by atoms with Crippen molar-refractivity contribution >= 4 is 17.4 Å². The number of hydrogen-bond donors (Lipinski definition) is 1. The molecule has 2 heterocycles. The molecule has 1 aliphatic carbocycles. The molecule has 2 aliphatic heterocycles. The van der Waals surface area contributed by atoms with Crippen molar-refractivity contribution in [3.05, 3.63) is 17.7 Å². The Balaban J connectivity index is 1.78. The number of fused-ring (bicyclic) bond motifs is 3. The number of hydrazone groups is 1. The normalized spacial score (nSPS) is 22.8. The van der Waals surface area contributed by atoms with Gasteiger partial charge in [0.2, 0.25) is 0 Å². The summed E-state index contributed by atoms with van der Waals surface area (Å²) in [6.07, 6.45) is 3.76. The summed E-state index contributed by atoms with van der Waals surface area (Å²) in [6.45, 7) is 6.55. The van der Waals surface area contributed by atoms with Crippen LogP contribution in [0.15, 0.2) is 17.2 Å². The number of amidine groups is 1. The number of carbonyl (C=O) groups is 1. The van der Waals surface area contributed by atoms with Crippen LogP contribution >= 0.6 is 0 Å². The van der Waals surface area contributed by atoms with Crippen molar-refractivity contribution in [1.82, 2.24) is 5.43 Å². The summed E-state index contributed by atoms with van der Waals surface area (Å²) in [4.78, 5) is 14.0. The third-order valence-corrected chi connectivity index (χ3v) is 5.02. The molecule has 4 rings (SSSR count). The predicted octanol–water partition coefficient (Wildman–Crippen LogP) is 2.77. The molecule has 6 nitrogen and oxygen atoms in total. The number of nitrogens with zero attached hydrogens (tertiary/aromatic N) is 2. The average Bonchev–Trinajstić information content (AvgIpc) is 2.53. The summed E-state index contributed by atoms with van der Waals surface area (Å²) in [5, 5.41) is 4.13. The molecule has 3 aliphatic rings. The minimum absolute atomic E-state index is 0.110. The summed E-state index contributed by atoms with van der Waals surface area (Å²) in [6, 6.07) is 3.76. The monoisotopic (exact) mass is 329 g/mol. The second-order valence-corrected chi connectivity index (χ2v) is 7.02. The van der Waals surface area contributed by atoms with Gasteiger partial charge in [-0.05, 0) is 38.2 Å². The van der Waals surface area contributed by atoms with Crippen LogP contribution in [0.2, 0.25) is 0 Å². The van der Waals surface area contributed by atoms with Gasteiger partial charge in [-0.15, -0.1) is 0 Å². The highest BCUT2D eigenvalue weighted by Crippen LogP contribution is 2.43. The van der Waals surface area contributed by atoms with Gasteiger partial charge in [0.15, 0.2) is 5.84 Å². The topological polar surface area (TPSA) is 63.2 Å². The summed E-state index contributed by atoms with van der Waals surface area (Å²) in [5.41, 5.74) is 4.56. The van der Waals surface area contributed by atoms with E-state index in [-0.39, 0.29) is 11.9 Å². The van der Waals surface area contributed by atoms with Gasteiger partial charge in [0.25, 0.3) is 5.91 Å². The molecule has 0 radical (unpaired) electrons. The molecule has 0 bridgehead atoms. The van der Waals surface area contributed by atoms with Gasteiger partial charge in [-0.25, -0.2) is 5.43 Å². The van der Waals surface area contributed by atoms with Crippen molar-refractivity contribution in [2.24, 2.45) is 5.10 Å². The molecule has 0 spiro atoms. The Labute approximate surface area is 141 Å². The van der Waals surface area contributed by atoms with E-state index in [2.05, 4.69) is 30.4 Å². The van der Waals surface area contributed by atoms with Gasteiger partial charge < -0.3 is 14.4 Å². The highest BCUT2D eigenvalue weighted by atomic mass is 16.5. The summed E-state index contributed by atoms with van der Waals surface area (Å²) >= 11 is 0. The minimum atomic E-state index is -0.318. The fraction of sp³-hybridized carbons (Fsp3) is 0.556. The fourth-order valence-corrected chi connectivity index (χ4v) is 3.29. The van der Waals surface area contributed by atoms with Crippen LogP contribution in [0.1, 0.15) is 51.5 Å². The van der Waals surface area contributed by atoms with Crippen molar-refractivity contribution < 1.29 is 14.3 Å². The van der Waals surface area contributed by atoms with Crippen LogP contribution in [0.25, 0.3) is 0 Å². The minimum Gasteiger partial charge on any atom is -0.490 e. The molecule has 1 saturated carbocycles. The predicted molar refractivity (Wildman–Crippen MR) is 91.8 cm³/mol. The molecule has 1 aromatic rings. The van der Waals surface area contributed by atoms with Crippen molar-refractivity contribution in [2.45, 2.75) is 58.1 Å². The molecule has 24 heavy (non-hydrogen) atoms. The van der Waals surface area contributed by atoms with Crippen LogP contribution in [0, 0.1) is 0 Å². The number of hydrogen-bond acceptors (Lipinski definition) is 5. The van der Waals surface area contributed by atoms with E-state index in [0.717, 1.165) is 41.4 Å². The Morgan fingerprint density at radius 1 is 1.38 bits per heavy atom. The van der Waals surface area contributed by atoms with Crippen molar-refractivity contribution in [3.8, 4) is 11.5 Å². The summed E-state index contributed by atoms with van der Waals surface area (Å²) < 4.78 is 12.1. The Kier molecular flexibility index (Phi) is 3.62. The van der Waals surface area contributed by atoms with E-state index in [1.54, 1.807) is 0 Å². The zero-order valence-corrected chi connectivity index (χ0v) is 14.3. The first-order valence-corrected chi connectivity index (χ1v) is 8.67. The van der Waals surface area contributed by atoms with Gasteiger partial charge in [-0.1, -0.05) is 13.8 Å². The van der Waals surface area contributed by atoms with Gasteiger partial charge in [0, 0.05) is 11.6 Å². The van der Waals surface area contributed by atoms with E-state index in [0.29, 0.717) is 18.6 Å². The molecule has 1 N–H and O–H groups in total. The summed E-state index contributed by atoms with van der Waals surface area (Å²) in [5.74, 6) is 2.64. The molecule has 1 atom stereocenters. The molecule has 128 valence electrons. The standard InChI is InChI=1S/C18H23N3O3/c1-10(2)13-7-16-14(8-15(13)24-12-5-4-6-12)21-11(3)18(22)20-19-17(21)9-23-16/h7-8,10-12H,4-6,9H2,1-3H3,(H,20,22)/t11-/m0/s1. The van der Waals surface area contributed by atoms with Gasteiger partial charge in [0.1, 0.15) is 24.1 Å². The van der Waals surface area contributed by atoms with Crippen LogP contribution in [-0.4, -0.2) is 30.5 Å². The largest absolute Gasteiger partial charge is 0.490 e. The molecule has 0 aromatic heterocycles. The van der Waals surface area contributed by atoms with E-state index >= 15 is 0 Å². The Morgan fingerprint density at radius 2 is 2.17 bits per heavy atom. The van der Waals surface area contributed by atoms with Crippen LogP contribution < -0.4 is 19.8 Å². The Bertz CT molecular complexity index is 710. The molecule has 6 heteroatoms. The van der Waals surface area contributed by atoms with Crippen LogP contribution in [0.3, 0.4) is 0 Å². The number of rotatable bonds is 3. The molecule has 0 unspecified atom stereocenters. The van der Waals surface area contributed by atoms with Crippen LogP contribution in [0.5, 0.6) is 11.5 Å². The number of benzene rings is 1. The second kappa shape index (κ2) is 5.69. The zero-order chi connectivity index (χ0) is 16.8. The first kappa shape index (κ1) is 15.3. The maximum Gasteiger partial charge on any atom is 0.262 e. The van der Waals surface area contributed by atoms with Crippen molar-refractivity contribution in [3.63, 3.8) is 0 Å².